The summed E-state index contributed by atoms with van der Waals surface area (Å²) in [7, 11) is 0. The highest BCUT2D eigenvalue weighted by Crippen LogP contribution is 2.27. The zero-order valence-corrected chi connectivity index (χ0v) is 14.6. The van der Waals surface area contributed by atoms with E-state index in [-0.39, 0.29) is 29.9 Å². The molecule has 2 N–H and O–H groups in total. The number of aromatic carboxylic acids is 1. The van der Waals surface area contributed by atoms with Crippen LogP contribution in [0, 0.1) is 12.8 Å². The summed E-state index contributed by atoms with van der Waals surface area (Å²) in [5.41, 5.74) is 0.950. The van der Waals surface area contributed by atoms with Crippen LogP contribution in [0.2, 0.25) is 5.02 Å². The summed E-state index contributed by atoms with van der Waals surface area (Å²) in [6.45, 7) is 5.64. The van der Waals surface area contributed by atoms with E-state index >= 15 is 0 Å². The van der Waals surface area contributed by atoms with Crippen LogP contribution in [0.1, 0.15) is 47.2 Å². The molecule has 1 heterocycles. The predicted molar refractivity (Wildman–Crippen MR) is 91.3 cm³/mol. The number of nitrogens with one attached hydrogen (secondary N) is 1. The monoisotopic (exact) mass is 349 g/mol. The summed E-state index contributed by atoms with van der Waals surface area (Å²) >= 11 is 6.02. The van der Waals surface area contributed by atoms with Gasteiger partial charge < -0.3 is 14.8 Å². The van der Waals surface area contributed by atoms with Gasteiger partial charge in [0.2, 0.25) is 5.91 Å². The molecule has 0 saturated carbocycles. The molecule has 0 aliphatic rings. The number of hydrogen-bond donors (Lipinski definition) is 2. The lowest BCUT2D eigenvalue weighted by Crippen LogP contribution is -2.31. The number of carbonyl (C=O) groups excluding carboxylic acids is 1. The van der Waals surface area contributed by atoms with E-state index in [0.29, 0.717) is 16.5 Å². The van der Waals surface area contributed by atoms with Crippen molar-refractivity contribution < 1.29 is 19.1 Å². The molecule has 0 bridgehead atoms. The van der Waals surface area contributed by atoms with Crippen molar-refractivity contribution in [3.8, 4) is 0 Å². The van der Waals surface area contributed by atoms with Crippen LogP contribution in [0.4, 0.5) is 0 Å². The SMILES string of the molecule is Cc1oc(CNC(=O)C(c2cccc(Cl)c2)C(C)C)cc1C(=O)O. The Kier molecular flexibility index (Phi) is 5.67. The Bertz CT molecular complexity index is 751. The van der Waals surface area contributed by atoms with Crippen molar-refractivity contribution in [2.24, 2.45) is 5.92 Å². The number of carbonyl (C=O) groups is 2. The molecule has 1 aromatic carbocycles. The van der Waals surface area contributed by atoms with E-state index in [1.165, 1.54) is 6.07 Å². The highest BCUT2D eigenvalue weighted by Gasteiger charge is 2.24. The molecule has 24 heavy (non-hydrogen) atoms. The van der Waals surface area contributed by atoms with Gasteiger partial charge in [-0.1, -0.05) is 37.6 Å². The van der Waals surface area contributed by atoms with Crippen LogP contribution in [0.5, 0.6) is 0 Å². The van der Waals surface area contributed by atoms with Crippen LogP contribution < -0.4 is 5.32 Å². The van der Waals surface area contributed by atoms with Crippen molar-refractivity contribution in [1.29, 1.82) is 0 Å². The Labute approximate surface area is 145 Å². The van der Waals surface area contributed by atoms with Crippen molar-refractivity contribution in [1.82, 2.24) is 5.32 Å². The number of hydrogen-bond acceptors (Lipinski definition) is 3. The molecule has 0 fully saturated rings. The molecule has 1 unspecified atom stereocenters. The van der Waals surface area contributed by atoms with Crippen molar-refractivity contribution in [2.75, 3.05) is 0 Å². The second kappa shape index (κ2) is 7.53. The Morgan fingerprint density at radius 2 is 2.00 bits per heavy atom. The Morgan fingerprint density at radius 1 is 1.29 bits per heavy atom. The molecular weight excluding hydrogens is 330 g/mol. The lowest BCUT2D eigenvalue weighted by molar-refractivity contribution is -0.123. The minimum atomic E-state index is -1.05. The lowest BCUT2D eigenvalue weighted by Gasteiger charge is -2.20. The average Bonchev–Trinajstić information content (AvgIpc) is 2.86. The number of benzene rings is 1. The molecule has 1 aromatic heterocycles. The summed E-state index contributed by atoms with van der Waals surface area (Å²) in [5, 5.41) is 12.4. The topological polar surface area (TPSA) is 79.5 Å². The molecule has 6 heteroatoms. The molecular formula is C18H20ClNO4. The van der Waals surface area contributed by atoms with E-state index in [4.69, 9.17) is 21.1 Å². The van der Waals surface area contributed by atoms with Crippen LogP contribution in [0.3, 0.4) is 0 Å². The number of rotatable bonds is 6. The second-order valence-corrected chi connectivity index (χ2v) is 6.42. The van der Waals surface area contributed by atoms with Gasteiger partial charge in [-0.05, 0) is 36.6 Å². The molecule has 1 atom stereocenters. The normalized spacial score (nSPS) is 12.2. The third-order valence-corrected chi connectivity index (χ3v) is 4.03. The Morgan fingerprint density at radius 3 is 2.54 bits per heavy atom. The first-order valence-electron chi connectivity index (χ1n) is 7.65. The lowest BCUT2D eigenvalue weighted by atomic mass is 9.87. The number of carboxylic acid groups (broad SMARTS) is 1. The summed E-state index contributed by atoms with van der Waals surface area (Å²) in [6, 6.07) is 8.66. The van der Waals surface area contributed by atoms with Crippen molar-refractivity contribution in [3.63, 3.8) is 0 Å². The summed E-state index contributed by atoms with van der Waals surface area (Å²) < 4.78 is 5.37. The van der Waals surface area contributed by atoms with E-state index in [1.54, 1.807) is 19.1 Å². The van der Waals surface area contributed by atoms with Gasteiger partial charge in [0.1, 0.15) is 17.1 Å². The highest BCUT2D eigenvalue weighted by atomic mass is 35.5. The molecule has 0 radical (unpaired) electrons. The minimum Gasteiger partial charge on any atom is -0.478 e. The van der Waals surface area contributed by atoms with Gasteiger partial charge in [0.25, 0.3) is 0 Å². The smallest absolute Gasteiger partial charge is 0.339 e. The molecule has 0 spiro atoms. The van der Waals surface area contributed by atoms with E-state index in [9.17, 15) is 9.59 Å². The summed E-state index contributed by atoms with van der Waals surface area (Å²) in [4.78, 5) is 23.6. The predicted octanol–water partition coefficient (Wildman–Crippen LogP) is 4.00. The first-order chi connectivity index (χ1) is 11.3. The quantitative estimate of drug-likeness (QED) is 0.826. The summed E-state index contributed by atoms with van der Waals surface area (Å²) in [6.07, 6.45) is 0. The van der Waals surface area contributed by atoms with Crippen LogP contribution >= 0.6 is 11.6 Å². The first-order valence-corrected chi connectivity index (χ1v) is 8.03. The Hall–Kier alpha value is -2.27. The van der Waals surface area contributed by atoms with Crippen LogP contribution in [0.15, 0.2) is 34.7 Å². The molecule has 0 aliphatic heterocycles. The van der Waals surface area contributed by atoms with Crippen molar-refractivity contribution >= 4 is 23.5 Å². The maximum atomic E-state index is 12.6. The number of aryl methyl sites for hydroxylation is 1. The largest absolute Gasteiger partial charge is 0.478 e. The van der Waals surface area contributed by atoms with Gasteiger partial charge in [0.15, 0.2) is 0 Å². The fourth-order valence-corrected chi connectivity index (χ4v) is 2.87. The van der Waals surface area contributed by atoms with Crippen molar-refractivity contribution in [2.45, 2.75) is 33.2 Å². The fourth-order valence-electron chi connectivity index (χ4n) is 2.67. The second-order valence-electron chi connectivity index (χ2n) is 5.98. The van der Waals surface area contributed by atoms with Gasteiger partial charge in [-0.25, -0.2) is 4.79 Å². The third kappa shape index (κ3) is 4.17. The van der Waals surface area contributed by atoms with Crippen LogP contribution in [-0.4, -0.2) is 17.0 Å². The maximum absolute atomic E-state index is 12.6. The number of amides is 1. The molecule has 2 aromatic rings. The molecule has 128 valence electrons. The molecule has 0 saturated heterocycles. The molecule has 5 nitrogen and oxygen atoms in total. The third-order valence-electron chi connectivity index (χ3n) is 3.79. The van der Waals surface area contributed by atoms with Crippen LogP contribution in [0.25, 0.3) is 0 Å². The van der Waals surface area contributed by atoms with E-state index in [0.717, 1.165) is 5.56 Å². The average molecular weight is 350 g/mol. The van der Waals surface area contributed by atoms with Crippen molar-refractivity contribution in [3.05, 3.63) is 58.0 Å². The van der Waals surface area contributed by atoms with Gasteiger partial charge in [0, 0.05) is 5.02 Å². The van der Waals surface area contributed by atoms with E-state index in [1.807, 2.05) is 26.0 Å². The fraction of sp³-hybridized carbons (Fsp3) is 0.333. The van der Waals surface area contributed by atoms with E-state index in [2.05, 4.69) is 5.32 Å². The van der Waals surface area contributed by atoms with Gasteiger partial charge in [0.05, 0.1) is 12.5 Å². The molecule has 0 aliphatic carbocycles. The molecule has 1 amide bonds. The zero-order valence-electron chi connectivity index (χ0n) is 13.8. The van der Waals surface area contributed by atoms with Gasteiger partial charge >= 0.3 is 5.97 Å². The first kappa shape index (κ1) is 18.1. The van der Waals surface area contributed by atoms with Gasteiger partial charge in [-0.2, -0.15) is 0 Å². The Balaban J connectivity index is 2.11. The highest BCUT2D eigenvalue weighted by molar-refractivity contribution is 6.30. The van der Waals surface area contributed by atoms with Crippen LogP contribution in [-0.2, 0) is 11.3 Å². The number of carboxylic acids is 1. The number of furan rings is 1. The maximum Gasteiger partial charge on any atom is 0.339 e. The number of halogens is 1. The van der Waals surface area contributed by atoms with E-state index < -0.39 is 5.97 Å². The van der Waals surface area contributed by atoms with Gasteiger partial charge in [-0.15, -0.1) is 0 Å². The standard InChI is InChI=1S/C18H20ClNO4/c1-10(2)16(12-5-4-6-13(19)7-12)17(21)20-9-14-8-15(18(22)23)11(3)24-14/h4-8,10,16H,9H2,1-3H3,(H,20,21)(H,22,23). The molecule has 2 rings (SSSR count). The minimum absolute atomic E-state index is 0.0800. The zero-order chi connectivity index (χ0) is 17.9. The summed E-state index contributed by atoms with van der Waals surface area (Å²) in [5.74, 6) is -0.741. The van der Waals surface area contributed by atoms with Gasteiger partial charge in [-0.3, -0.25) is 4.79 Å².